The third-order valence-corrected chi connectivity index (χ3v) is 5.74. The highest BCUT2D eigenvalue weighted by Crippen LogP contribution is 2.27. The van der Waals surface area contributed by atoms with Crippen LogP contribution in [0.5, 0.6) is 0 Å². The molecule has 1 saturated heterocycles. The van der Waals surface area contributed by atoms with E-state index in [0.717, 1.165) is 35.4 Å². The molecule has 4 rings (SSSR count). The van der Waals surface area contributed by atoms with Gasteiger partial charge in [-0.05, 0) is 49.6 Å². The van der Waals surface area contributed by atoms with Crippen molar-refractivity contribution in [3.63, 3.8) is 0 Å². The standard InChI is InChI=1S/C23H27FN4O2/c1-3-30-23(29)27-14-12-19(13-15-27)26(2)22-25-20-6-4-5-7-21(20)28(22)16-17-8-10-18(24)11-9-17/h4-11,19H,3,12-16H2,1-2H3. The van der Waals surface area contributed by atoms with Crippen molar-refractivity contribution in [1.82, 2.24) is 14.5 Å². The summed E-state index contributed by atoms with van der Waals surface area (Å²) in [6.45, 7) is 4.18. The lowest BCUT2D eigenvalue weighted by Gasteiger charge is -2.36. The van der Waals surface area contributed by atoms with Gasteiger partial charge in [-0.15, -0.1) is 0 Å². The second-order valence-corrected chi connectivity index (χ2v) is 7.64. The number of nitrogens with zero attached hydrogens (tertiary/aromatic N) is 4. The molecule has 6 nitrogen and oxygen atoms in total. The van der Waals surface area contributed by atoms with Crippen molar-refractivity contribution in [3.8, 4) is 0 Å². The predicted octanol–water partition coefficient (Wildman–Crippen LogP) is 4.28. The van der Waals surface area contributed by atoms with Gasteiger partial charge in [0.25, 0.3) is 0 Å². The second-order valence-electron chi connectivity index (χ2n) is 7.64. The highest BCUT2D eigenvalue weighted by atomic mass is 19.1. The highest BCUT2D eigenvalue weighted by Gasteiger charge is 2.28. The molecule has 0 spiro atoms. The zero-order chi connectivity index (χ0) is 21.1. The maximum atomic E-state index is 13.3. The summed E-state index contributed by atoms with van der Waals surface area (Å²) in [6, 6.07) is 14.9. The quantitative estimate of drug-likeness (QED) is 0.630. The molecule has 0 aliphatic carbocycles. The van der Waals surface area contributed by atoms with E-state index in [9.17, 15) is 9.18 Å². The summed E-state index contributed by atoms with van der Waals surface area (Å²) in [5.74, 6) is 0.648. The SMILES string of the molecule is CCOC(=O)N1CCC(N(C)c2nc3ccccc3n2Cc2ccc(F)cc2)CC1. The number of imidazole rings is 1. The number of fused-ring (bicyclic) bond motifs is 1. The Morgan fingerprint density at radius 2 is 1.87 bits per heavy atom. The van der Waals surface area contributed by atoms with Crippen LogP contribution >= 0.6 is 0 Å². The summed E-state index contributed by atoms with van der Waals surface area (Å²) in [6.07, 6.45) is 1.48. The topological polar surface area (TPSA) is 50.6 Å². The number of para-hydroxylation sites is 2. The fourth-order valence-corrected chi connectivity index (χ4v) is 4.07. The van der Waals surface area contributed by atoms with Crippen molar-refractivity contribution in [2.75, 3.05) is 31.6 Å². The monoisotopic (exact) mass is 410 g/mol. The van der Waals surface area contributed by atoms with Crippen LogP contribution in [-0.2, 0) is 11.3 Å². The van der Waals surface area contributed by atoms with Gasteiger partial charge in [0.05, 0.1) is 24.2 Å². The first kappa shape index (κ1) is 20.2. The molecule has 1 amide bonds. The molecule has 1 aliphatic rings. The molecule has 30 heavy (non-hydrogen) atoms. The van der Waals surface area contributed by atoms with Crippen LogP contribution < -0.4 is 4.90 Å². The molecule has 0 saturated carbocycles. The number of piperidine rings is 1. The molecule has 1 aromatic heterocycles. The van der Waals surface area contributed by atoms with Gasteiger partial charge in [0, 0.05) is 26.2 Å². The lowest BCUT2D eigenvalue weighted by atomic mass is 10.0. The maximum absolute atomic E-state index is 13.3. The number of aromatic nitrogens is 2. The molecule has 3 aromatic rings. The van der Waals surface area contributed by atoms with E-state index < -0.39 is 0 Å². The van der Waals surface area contributed by atoms with E-state index in [-0.39, 0.29) is 18.0 Å². The van der Waals surface area contributed by atoms with Crippen LogP contribution in [0.3, 0.4) is 0 Å². The van der Waals surface area contributed by atoms with E-state index in [4.69, 9.17) is 9.72 Å². The van der Waals surface area contributed by atoms with Crippen LogP contribution in [0.15, 0.2) is 48.5 Å². The Balaban J connectivity index is 1.57. The summed E-state index contributed by atoms with van der Waals surface area (Å²) in [4.78, 5) is 20.9. The summed E-state index contributed by atoms with van der Waals surface area (Å²) in [7, 11) is 2.06. The van der Waals surface area contributed by atoms with Crippen molar-refractivity contribution >= 4 is 23.1 Å². The fraction of sp³-hybridized carbons (Fsp3) is 0.391. The van der Waals surface area contributed by atoms with E-state index in [1.807, 2.05) is 37.3 Å². The summed E-state index contributed by atoms with van der Waals surface area (Å²) >= 11 is 0. The average Bonchev–Trinajstić information content (AvgIpc) is 3.13. The number of amides is 1. The van der Waals surface area contributed by atoms with Gasteiger partial charge in [-0.25, -0.2) is 14.2 Å². The summed E-state index contributed by atoms with van der Waals surface area (Å²) < 4.78 is 20.6. The summed E-state index contributed by atoms with van der Waals surface area (Å²) in [5.41, 5.74) is 3.00. The van der Waals surface area contributed by atoms with E-state index in [1.165, 1.54) is 12.1 Å². The number of likely N-dealkylation sites (tertiary alicyclic amines) is 1. The van der Waals surface area contributed by atoms with Gasteiger partial charge in [0.2, 0.25) is 5.95 Å². The maximum Gasteiger partial charge on any atom is 0.409 e. The number of carbonyl (C=O) groups excluding carboxylic acids is 1. The molecule has 2 aromatic carbocycles. The van der Waals surface area contributed by atoms with Gasteiger partial charge < -0.3 is 19.1 Å². The van der Waals surface area contributed by atoms with Crippen molar-refractivity contribution in [2.24, 2.45) is 0 Å². The Morgan fingerprint density at radius 1 is 1.17 bits per heavy atom. The molecule has 0 unspecified atom stereocenters. The third kappa shape index (κ3) is 4.10. The van der Waals surface area contributed by atoms with Gasteiger partial charge in [-0.2, -0.15) is 0 Å². The molecular weight excluding hydrogens is 383 g/mol. The zero-order valence-electron chi connectivity index (χ0n) is 17.4. The summed E-state index contributed by atoms with van der Waals surface area (Å²) in [5, 5.41) is 0. The molecule has 0 atom stereocenters. The number of benzene rings is 2. The second kappa shape index (κ2) is 8.73. The Morgan fingerprint density at radius 3 is 2.57 bits per heavy atom. The van der Waals surface area contributed by atoms with Gasteiger partial charge in [0.1, 0.15) is 5.82 Å². The molecule has 0 N–H and O–H groups in total. The highest BCUT2D eigenvalue weighted by molar-refractivity contribution is 5.79. The molecule has 1 fully saturated rings. The number of ether oxygens (including phenoxy) is 1. The van der Waals surface area contributed by atoms with E-state index >= 15 is 0 Å². The lowest BCUT2D eigenvalue weighted by molar-refractivity contribution is 0.0970. The van der Waals surface area contributed by atoms with Crippen LogP contribution in [0.25, 0.3) is 11.0 Å². The van der Waals surface area contributed by atoms with E-state index in [0.29, 0.717) is 26.2 Å². The van der Waals surface area contributed by atoms with Crippen LogP contribution in [0.4, 0.5) is 15.1 Å². The van der Waals surface area contributed by atoms with Crippen molar-refractivity contribution in [1.29, 1.82) is 0 Å². The number of halogens is 1. The number of anilines is 1. The first-order valence-corrected chi connectivity index (χ1v) is 10.4. The Labute approximate surface area is 175 Å². The molecule has 7 heteroatoms. The first-order chi connectivity index (χ1) is 14.6. The van der Waals surface area contributed by atoms with Crippen molar-refractivity contribution in [3.05, 3.63) is 59.9 Å². The van der Waals surface area contributed by atoms with E-state index in [2.05, 4.69) is 22.6 Å². The number of carbonyl (C=O) groups is 1. The Hall–Kier alpha value is -3.09. The van der Waals surface area contributed by atoms with Crippen molar-refractivity contribution in [2.45, 2.75) is 32.4 Å². The van der Waals surface area contributed by atoms with Crippen LogP contribution in [-0.4, -0.2) is 53.3 Å². The number of hydrogen-bond acceptors (Lipinski definition) is 4. The molecule has 158 valence electrons. The third-order valence-electron chi connectivity index (χ3n) is 5.74. The first-order valence-electron chi connectivity index (χ1n) is 10.4. The lowest BCUT2D eigenvalue weighted by Crippen LogP contribution is -2.46. The predicted molar refractivity (Wildman–Crippen MR) is 115 cm³/mol. The fourth-order valence-electron chi connectivity index (χ4n) is 4.07. The minimum atomic E-state index is -0.236. The van der Waals surface area contributed by atoms with E-state index in [1.54, 1.807) is 4.90 Å². The minimum absolute atomic E-state index is 0.234. The minimum Gasteiger partial charge on any atom is -0.450 e. The smallest absolute Gasteiger partial charge is 0.409 e. The van der Waals surface area contributed by atoms with Gasteiger partial charge >= 0.3 is 6.09 Å². The zero-order valence-corrected chi connectivity index (χ0v) is 17.4. The van der Waals surface area contributed by atoms with Crippen LogP contribution in [0, 0.1) is 5.82 Å². The Kier molecular flexibility index (Phi) is 5.88. The van der Waals surface area contributed by atoms with Gasteiger partial charge in [0.15, 0.2) is 0 Å². The van der Waals surface area contributed by atoms with Crippen molar-refractivity contribution < 1.29 is 13.9 Å². The largest absolute Gasteiger partial charge is 0.450 e. The normalized spacial score (nSPS) is 14.8. The molecule has 2 heterocycles. The van der Waals surface area contributed by atoms with Crippen LogP contribution in [0.2, 0.25) is 0 Å². The molecule has 1 aliphatic heterocycles. The molecule has 0 radical (unpaired) electrons. The Bertz CT molecular complexity index is 1010. The van der Waals surface area contributed by atoms with Gasteiger partial charge in [-0.1, -0.05) is 24.3 Å². The number of hydrogen-bond donors (Lipinski definition) is 0. The van der Waals surface area contributed by atoms with Crippen LogP contribution in [0.1, 0.15) is 25.3 Å². The molecule has 0 bridgehead atoms. The number of rotatable bonds is 5. The molecular formula is C23H27FN4O2. The average molecular weight is 410 g/mol. The van der Waals surface area contributed by atoms with Gasteiger partial charge in [-0.3, -0.25) is 0 Å².